The van der Waals surface area contributed by atoms with E-state index in [9.17, 15) is 0 Å². The average molecular weight is 272 g/mol. The van der Waals surface area contributed by atoms with Crippen molar-refractivity contribution >= 4 is 5.95 Å². The molecule has 1 unspecified atom stereocenters. The molecule has 0 fully saturated rings. The lowest BCUT2D eigenvalue weighted by molar-refractivity contribution is 0.343. The molecule has 0 aliphatic rings. The summed E-state index contributed by atoms with van der Waals surface area (Å²) in [7, 11) is 4.20. The monoisotopic (exact) mass is 272 g/mol. The van der Waals surface area contributed by atoms with Crippen LogP contribution in [0.2, 0.25) is 0 Å². The van der Waals surface area contributed by atoms with Gasteiger partial charge in [0.2, 0.25) is 5.95 Å². The predicted molar refractivity (Wildman–Crippen MR) is 84.4 cm³/mol. The van der Waals surface area contributed by atoms with Crippen molar-refractivity contribution in [3.05, 3.63) is 42.7 Å². The second kappa shape index (κ2) is 6.57. The van der Waals surface area contributed by atoms with Gasteiger partial charge in [0.15, 0.2) is 0 Å². The van der Waals surface area contributed by atoms with Crippen molar-refractivity contribution in [2.75, 3.05) is 26.0 Å². The molecular weight excluding hydrogens is 248 g/mol. The number of benzene rings is 1. The normalized spacial score (nSPS) is 12.9. The predicted octanol–water partition coefficient (Wildman–Crippen LogP) is 2.87. The number of hydrogen-bond acceptors (Lipinski definition) is 3. The van der Waals surface area contributed by atoms with Crippen LogP contribution in [0.4, 0.5) is 5.95 Å². The molecule has 0 saturated carbocycles. The third-order valence-electron chi connectivity index (χ3n) is 3.36. The topological polar surface area (TPSA) is 33.1 Å². The molecule has 108 valence electrons. The van der Waals surface area contributed by atoms with Gasteiger partial charge in [0.1, 0.15) is 0 Å². The summed E-state index contributed by atoms with van der Waals surface area (Å²) in [5, 5.41) is 3.57. The fraction of sp³-hybridized carbons (Fsp3) is 0.438. The number of rotatable bonds is 6. The standard InChI is InChI=1S/C16H24N4/c1-13(2)15(12-19(3)4)18-16-17-10-11-20(16)14-8-6-5-7-9-14/h5-11,13,15H,12H2,1-4H3,(H,17,18). The molecule has 1 atom stereocenters. The van der Waals surface area contributed by atoms with Crippen LogP contribution in [0.15, 0.2) is 42.7 Å². The summed E-state index contributed by atoms with van der Waals surface area (Å²) >= 11 is 0. The van der Waals surface area contributed by atoms with Crippen molar-refractivity contribution in [3.63, 3.8) is 0 Å². The van der Waals surface area contributed by atoms with E-state index in [0.29, 0.717) is 12.0 Å². The van der Waals surface area contributed by atoms with Crippen molar-refractivity contribution in [2.45, 2.75) is 19.9 Å². The van der Waals surface area contributed by atoms with Crippen molar-refractivity contribution < 1.29 is 0 Å². The van der Waals surface area contributed by atoms with Gasteiger partial charge in [0.25, 0.3) is 0 Å². The first-order chi connectivity index (χ1) is 9.58. The lowest BCUT2D eigenvalue weighted by atomic mass is 10.0. The Morgan fingerprint density at radius 1 is 1.20 bits per heavy atom. The van der Waals surface area contributed by atoms with Crippen molar-refractivity contribution in [3.8, 4) is 5.69 Å². The van der Waals surface area contributed by atoms with Crippen LogP contribution in [-0.2, 0) is 0 Å². The molecule has 1 aromatic carbocycles. The fourth-order valence-electron chi connectivity index (χ4n) is 2.19. The van der Waals surface area contributed by atoms with Gasteiger partial charge in [-0.25, -0.2) is 4.98 Å². The maximum Gasteiger partial charge on any atom is 0.207 e. The summed E-state index contributed by atoms with van der Waals surface area (Å²) in [6.07, 6.45) is 3.83. The van der Waals surface area contributed by atoms with Crippen LogP contribution in [-0.4, -0.2) is 41.1 Å². The summed E-state index contributed by atoms with van der Waals surface area (Å²) in [6.45, 7) is 5.45. The number of para-hydroxylation sites is 1. The van der Waals surface area contributed by atoms with E-state index in [1.807, 2.05) is 30.6 Å². The summed E-state index contributed by atoms with van der Waals surface area (Å²) in [4.78, 5) is 6.66. The first-order valence-electron chi connectivity index (χ1n) is 7.08. The molecule has 0 aliphatic carbocycles. The molecule has 0 radical (unpaired) electrons. The maximum atomic E-state index is 4.46. The van der Waals surface area contributed by atoms with Gasteiger partial charge in [-0.3, -0.25) is 4.57 Å². The third-order valence-corrected chi connectivity index (χ3v) is 3.36. The van der Waals surface area contributed by atoms with Gasteiger partial charge in [-0.15, -0.1) is 0 Å². The van der Waals surface area contributed by atoms with Crippen LogP contribution in [0, 0.1) is 5.92 Å². The Balaban J connectivity index is 2.19. The molecule has 20 heavy (non-hydrogen) atoms. The quantitative estimate of drug-likeness (QED) is 0.878. The van der Waals surface area contributed by atoms with Crippen LogP contribution in [0.3, 0.4) is 0 Å². The number of imidazole rings is 1. The SMILES string of the molecule is CC(C)C(CN(C)C)Nc1nccn1-c1ccccc1. The van der Waals surface area contributed by atoms with E-state index < -0.39 is 0 Å². The maximum absolute atomic E-state index is 4.46. The number of aromatic nitrogens is 2. The zero-order valence-electron chi connectivity index (χ0n) is 12.7. The minimum absolute atomic E-state index is 0.370. The van der Waals surface area contributed by atoms with E-state index in [1.54, 1.807) is 0 Å². The van der Waals surface area contributed by atoms with E-state index in [4.69, 9.17) is 0 Å². The van der Waals surface area contributed by atoms with Crippen LogP contribution in [0.5, 0.6) is 0 Å². The summed E-state index contributed by atoms with van der Waals surface area (Å²) in [5.41, 5.74) is 1.12. The Kier molecular flexibility index (Phi) is 4.79. The number of likely N-dealkylation sites (N-methyl/N-ethyl adjacent to an activating group) is 1. The Morgan fingerprint density at radius 2 is 1.90 bits per heavy atom. The van der Waals surface area contributed by atoms with E-state index in [1.165, 1.54) is 0 Å². The zero-order valence-corrected chi connectivity index (χ0v) is 12.7. The van der Waals surface area contributed by atoms with Gasteiger partial charge in [-0.05, 0) is 32.1 Å². The van der Waals surface area contributed by atoms with Crippen molar-refractivity contribution in [2.24, 2.45) is 5.92 Å². The third kappa shape index (κ3) is 3.61. The molecule has 4 nitrogen and oxygen atoms in total. The first kappa shape index (κ1) is 14.6. The van der Waals surface area contributed by atoms with Gasteiger partial charge in [0.05, 0.1) is 0 Å². The summed E-state index contributed by atoms with van der Waals surface area (Å²) in [5.74, 6) is 1.44. The number of hydrogen-bond donors (Lipinski definition) is 1. The van der Waals surface area contributed by atoms with Gasteiger partial charge in [-0.2, -0.15) is 0 Å². The van der Waals surface area contributed by atoms with E-state index in [2.05, 4.69) is 59.8 Å². The number of nitrogens with zero attached hydrogens (tertiary/aromatic N) is 3. The Bertz CT molecular complexity index is 516. The number of nitrogens with one attached hydrogen (secondary N) is 1. The lowest BCUT2D eigenvalue weighted by Crippen LogP contribution is -2.37. The van der Waals surface area contributed by atoms with E-state index >= 15 is 0 Å². The first-order valence-corrected chi connectivity index (χ1v) is 7.08. The van der Waals surface area contributed by atoms with E-state index in [0.717, 1.165) is 18.2 Å². The highest BCUT2D eigenvalue weighted by molar-refractivity contribution is 5.42. The summed E-state index contributed by atoms with van der Waals surface area (Å²) < 4.78 is 2.09. The molecule has 4 heteroatoms. The van der Waals surface area contributed by atoms with Crippen molar-refractivity contribution in [1.29, 1.82) is 0 Å². The molecule has 0 spiro atoms. The Hall–Kier alpha value is -1.81. The highest BCUT2D eigenvalue weighted by Crippen LogP contribution is 2.17. The molecular formula is C16H24N4. The van der Waals surface area contributed by atoms with Crippen LogP contribution >= 0.6 is 0 Å². The van der Waals surface area contributed by atoms with Crippen LogP contribution in [0.25, 0.3) is 5.69 Å². The smallest absolute Gasteiger partial charge is 0.207 e. The molecule has 0 amide bonds. The Morgan fingerprint density at radius 3 is 2.50 bits per heavy atom. The van der Waals surface area contributed by atoms with E-state index in [-0.39, 0.29) is 0 Å². The van der Waals surface area contributed by atoms with Crippen LogP contribution in [0.1, 0.15) is 13.8 Å². The second-order valence-electron chi connectivity index (χ2n) is 5.71. The summed E-state index contributed by atoms with van der Waals surface area (Å²) in [6, 6.07) is 10.6. The molecule has 2 aromatic rings. The second-order valence-corrected chi connectivity index (χ2v) is 5.71. The van der Waals surface area contributed by atoms with Gasteiger partial charge < -0.3 is 10.2 Å². The average Bonchev–Trinajstić information content (AvgIpc) is 2.86. The number of anilines is 1. The minimum atomic E-state index is 0.370. The van der Waals surface area contributed by atoms with Gasteiger partial charge >= 0.3 is 0 Å². The molecule has 0 bridgehead atoms. The van der Waals surface area contributed by atoms with Crippen LogP contribution < -0.4 is 5.32 Å². The fourth-order valence-corrected chi connectivity index (χ4v) is 2.19. The highest BCUT2D eigenvalue weighted by Gasteiger charge is 2.16. The molecule has 1 aromatic heterocycles. The van der Waals surface area contributed by atoms with Gasteiger partial charge in [-0.1, -0.05) is 32.0 Å². The molecule has 2 rings (SSSR count). The van der Waals surface area contributed by atoms with Crippen molar-refractivity contribution in [1.82, 2.24) is 14.5 Å². The zero-order chi connectivity index (χ0) is 14.5. The molecule has 1 N–H and O–H groups in total. The van der Waals surface area contributed by atoms with Gasteiger partial charge in [0, 0.05) is 30.7 Å². The highest BCUT2D eigenvalue weighted by atomic mass is 15.2. The minimum Gasteiger partial charge on any atom is -0.351 e. The Labute approximate surface area is 121 Å². The molecule has 1 heterocycles. The molecule has 0 saturated heterocycles. The molecule has 0 aliphatic heterocycles. The largest absolute Gasteiger partial charge is 0.351 e. The lowest BCUT2D eigenvalue weighted by Gasteiger charge is -2.26.